The summed E-state index contributed by atoms with van der Waals surface area (Å²) >= 11 is 3.40. The van der Waals surface area contributed by atoms with E-state index in [-0.39, 0.29) is 5.56 Å². The minimum atomic E-state index is -0.00764. The van der Waals surface area contributed by atoms with E-state index in [1.165, 1.54) is 0 Å². The molecule has 1 aromatic carbocycles. The highest BCUT2D eigenvalue weighted by molar-refractivity contribution is 9.10. The Morgan fingerprint density at radius 1 is 1.20 bits per heavy atom. The molecule has 0 aliphatic rings. The number of pyridine rings is 2. The summed E-state index contributed by atoms with van der Waals surface area (Å²) in [4.78, 5) is 16.4. The molecule has 0 saturated carbocycles. The van der Waals surface area contributed by atoms with Crippen molar-refractivity contribution in [2.24, 2.45) is 0 Å². The third-order valence-corrected chi connectivity index (χ3v) is 3.69. The van der Waals surface area contributed by atoms with Crippen LogP contribution in [0.4, 0.5) is 0 Å². The Morgan fingerprint density at radius 3 is 2.85 bits per heavy atom. The van der Waals surface area contributed by atoms with E-state index in [0.29, 0.717) is 6.54 Å². The molecule has 20 heavy (non-hydrogen) atoms. The molecule has 0 saturated heterocycles. The SMILES string of the molecule is Cc1cc(Cn2cc(Br)ccc2=O)c2ccccc2n1. The van der Waals surface area contributed by atoms with Gasteiger partial charge in [0.1, 0.15) is 0 Å². The van der Waals surface area contributed by atoms with Gasteiger partial charge in [-0.15, -0.1) is 0 Å². The Bertz CT molecular complexity index is 839. The average Bonchev–Trinajstić information content (AvgIpc) is 2.43. The molecule has 3 rings (SSSR count). The standard InChI is InChI=1S/C16H13BrN2O/c1-11-8-12(14-4-2-3-5-15(14)18-11)9-19-10-13(17)6-7-16(19)20/h2-8,10H,9H2,1H3. The predicted molar refractivity (Wildman–Crippen MR) is 84.0 cm³/mol. The molecule has 2 aromatic heterocycles. The van der Waals surface area contributed by atoms with Crippen LogP contribution in [0.5, 0.6) is 0 Å². The smallest absolute Gasteiger partial charge is 0.250 e. The highest BCUT2D eigenvalue weighted by Gasteiger charge is 2.05. The lowest BCUT2D eigenvalue weighted by molar-refractivity contribution is 0.759. The third-order valence-electron chi connectivity index (χ3n) is 3.22. The lowest BCUT2D eigenvalue weighted by Crippen LogP contribution is -2.19. The molecule has 100 valence electrons. The number of nitrogens with zero attached hydrogens (tertiary/aromatic N) is 2. The summed E-state index contributed by atoms with van der Waals surface area (Å²) in [5.41, 5.74) is 3.02. The van der Waals surface area contributed by atoms with Gasteiger partial charge in [0, 0.05) is 27.8 Å². The molecule has 0 spiro atoms. The zero-order valence-electron chi connectivity index (χ0n) is 11.0. The lowest BCUT2D eigenvalue weighted by atomic mass is 10.1. The van der Waals surface area contributed by atoms with Crippen LogP contribution in [0.25, 0.3) is 10.9 Å². The second-order valence-corrected chi connectivity index (χ2v) is 5.67. The van der Waals surface area contributed by atoms with E-state index >= 15 is 0 Å². The summed E-state index contributed by atoms with van der Waals surface area (Å²) in [6.07, 6.45) is 1.81. The van der Waals surface area contributed by atoms with Gasteiger partial charge in [-0.1, -0.05) is 18.2 Å². The third kappa shape index (κ3) is 2.51. The molecule has 0 bridgehead atoms. The molecule has 0 amide bonds. The van der Waals surface area contributed by atoms with Crippen molar-refractivity contribution in [3.05, 3.63) is 74.7 Å². The molecule has 0 fully saturated rings. The van der Waals surface area contributed by atoms with Gasteiger partial charge in [0.2, 0.25) is 0 Å². The topological polar surface area (TPSA) is 34.9 Å². The quantitative estimate of drug-likeness (QED) is 0.721. The number of aromatic nitrogens is 2. The van der Waals surface area contributed by atoms with Gasteiger partial charge < -0.3 is 4.57 Å². The number of hydrogen-bond acceptors (Lipinski definition) is 2. The van der Waals surface area contributed by atoms with Gasteiger partial charge in [-0.05, 0) is 46.6 Å². The van der Waals surface area contributed by atoms with E-state index in [1.807, 2.05) is 43.5 Å². The Balaban J connectivity index is 2.15. The second-order valence-electron chi connectivity index (χ2n) is 4.75. The Hall–Kier alpha value is -1.94. The molecule has 2 heterocycles. The van der Waals surface area contributed by atoms with Crippen molar-refractivity contribution in [3.8, 4) is 0 Å². The molecule has 4 heteroatoms. The van der Waals surface area contributed by atoms with E-state index in [1.54, 1.807) is 16.7 Å². The van der Waals surface area contributed by atoms with Gasteiger partial charge >= 0.3 is 0 Å². The van der Waals surface area contributed by atoms with Crippen LogP contribution in [0.3, 0.4) is 0 Å². The first-order chi connectivity index (χ1) is 9.63. The summed E-state index contributed by atoms with van der Waals surface area (Å²) in [6, 6.07) is 13.4. The summed E-state index contributed by atoms with van der Waals surface area (Å²) < 4.78 is 2.60. The zero-order valence-corrected chi connectivity index (χ0v) is 12.6. The maximum Gasteiger partial charge on any atom is 0.250 e. The highest BCUT2D eigenvalue weighted by Crippen LogP contribution is 2.19. The first kappa shape index (κ1) is 13.1. The minimum Gasteiger partial charge on any atom is -0.310 e. The first-order valence-corrected chi connectivity index (χ1v) is 7.14. The molecule has 0 radical (unpaired) electrons. The van der Waals surface area contributed by atoms with E-state index in [0.717, 1.165) is 26.6 Å². The zero-order chi connectivity index (χ0) is 14.1. The molecule has 3 aromatic rings. The van der Waals surface area contributed by atoms with Crippen molar-refractivity contribution in [2.45, 2.75) is 13.5 Å². The van der Waals surface area contributed by atoms with Crippen molar-refractivity contribution in [2.75, 3.05) is 0 Å². The maximum absolute atomic E-state index is 11.9. The summed E-state index contributed by atoms with van der Waals surface area (Å²) in [7, 11) is 0. The summed E-state index contributed by atoms with van der Waals surface area (Å²) in [5.74, 6) is 0. The van der Waals surface area contributed by atoms with Crippen LogP contribution in [-0.2, 0) is 6.54 Å². The van der Waals surface area contributed by atoms with Crippen molar-refractivity contribution in [1.29, 1.82) is 0 Å². The monoisotopic (exact) mass is 328 g/mol. The largest absolute Gasteiger partial charge is 0.310 e. The van der Waals surface area contributed by atoms with Crippen molar-refractivity contribution >= 4 is 26.8 Å². The molecule has 0 unspecified atom stereocenters. The Morgan fingerprint density at radius 2 is 2.00 bits per heavy atom. The Labute approximate surface area is 125 Å². The van der Waals surface area contributed by atoms with Crippen LogP contribution in [0, 0.1) is 6.92 Å². The predicted octanol–water partition coefficient (Wildman–Crippen LogP) is 3.52. The summed E-state index contributed by atoms with van der Waals surface area (Å²) in [5, 5.41) is 1.09. The number of fused-ring (bicyclic) bond motifs is 1. The van der Waals surface area contributed by atoms with Gasteiger partial charge in [0.15, 0.2) is 0 Å². The van der Waals surface area contributed by atoms with Crippen molar-refractivity contribution in [1.82, 2.24) is 9.55 Å². The number of hydrogen-bond donors (Lipinski definition) is 0. The van der Waals surface area contributed by atoms with E-state index < -0.39 is 0 Å². The van der Waals surface area contributed by atoms with Gasteiger partial charge in [-0.3, -0.25) is 9.78 Å². The number of halogens is 1. The normalized spacial score (nSPS) is 10.9. The van der Waals surface area contributed by atoms with Gasteiger partial charge in [0.25, 0.3) is 5.56 Å². The Kier molecular flexibility index (Phi) is 3.40. The molecule has 0 aliphatic carbocycles. The van der Waals surface area contributed by atoms with E-state index in [9.17, 15) is 4.79 Å². The van der Waals surface area contributed by atoms with Gasteiger partial charge in [-0.2, -0.15) is 0 Å². The van der Waals surface area contributed by atoms with Crippen LogP contribution in [-0.4, -0.2) is 9.55 Å². The van der Waals surface area contributed by atoms with Crippen LogP contribution in [0.15, 0.2) is 57.9 Å². The van der Waals surface area contributed by atoms with Crippen LogP contribution in [0.1, 0.15) is 11.3 Å². The fraction of sp³-hybridized carbons (Fsp3) is 0.125. The first-order valence-electron chi connectivity index (χ1n) is 6.35. The average molecular weight is 329 g/mol. The van der Waals surface area contributed by atoms with E-state index in [4.69, 9.17) is 0 Å². The number of rotatable bonds is 2. The van der Waals surface area contributed by atoms with Crippen LogP contribution in [0.2, 0.25) is 0 Å². The molecule has 0 N–H and O–H groups in total. The fourth-order valence-corrected chi connectivity index (χ4v) is 2.71. The molecule has 0 atom stereocenters. The van der Waals surface area contributed by atoms with Gasteiger partial charge in [0.05, 0.1) is 12.1 Å². The van der Waals surface area contributed by atoms with Crippen LogP contribution < -0.4 is 5.56 Å². The van der Waals surface area contributed by atoms with Crippen molar-refractivity contribution < 1.29 is 0 Å². The number of para-hydroxylation sites is 1. The molecule has 3 nitrogen and oxygen atoms in total. The highest BCUT2D eigenvalue weighted by atomic mass is 79.9. The van der Waals surface area contributed by atoms with E-state index in [2.05, 4.69) is 20.9 Å². The maximum atomic E-state index is 11.9. The fourth-order valence-electron chi connectivity index (χ4n) is 2.33. The lowest BCUT2D eigenvalue weighted by Gasteiger charge is -2.10. The summed E-state index contributed by atoms with van der Waals surface area (Å²) in [6.45, 7) is 2.52. The van der Waals surface area contributed by atoms with Gasteiger partial charge in [-0.25, -0.2) is 0 Å². The second kappa shape index (κ2) is 5.21. The van der Waals surface area contributed by atoms with Crippen molar-refractivity contribution in [3.63, 3.8) is 0 Å². The molecular formula is C16H13BrN2O. The number of benzene rings is 1. The van der Waals surface area contributed by atoms with Crippen LogP contribution >= 0.6 is 15.9 Å². The minimum absolute atomic E-state index is 0.00764. The molecular weight excluding hydrogens is 316 g/mol. The molecule has 0 aliphatic heterocycles. The number of aryl methyl sites for hydroxylation is 1.